The number of hydrogen-bond donors (Lipinski definition) is 0. The number of amides is 1. The summed E-state index contributed by atoms with van der Waals surface area (Å²) in [5, 5.41) is 0.548. The molecule has 10 heteroatoms. The lowest BCUT2D eigenvalue weighted by atomic mass is 10.2. The summed E-state index contributed by atoms with van der Waals surface area (Å²) in [5.41, 5.74) is 0.793. The molecule has 2 heterocycles. The van der Waals surface area contributed by atoms with E-state index in [-0.39, 0.29) is 18.0 Å². The number of rotatable bonds is 4. The zero-order valence-corrected chi connectivity index (χ0v) is 18.6. The second-order valence-electron chi connectivity index (χ2n) is 6.96. The molecule has 1 amide bonds. The van der Waals surface area contributed by atoms with Gasteiger partial charge in [0.15, 0.2) is 4.80 Å². The fraction of sp³-hybridized carbons (Fsp3) is 0.238. The lowest BCUT2D eigenvalue weighted by Gasteiger charge is -2.21. The van der Waals surface area contributed by atoms with E-state index >= 15 is 0 Å². The van der Waals surface area contributed by atoms with Gasteiger partial charge in [-0.2, -0.15) is 9.30 Å². The average molecular weight is 478 g/mol. The van der Waals surface area contributed by atoms with Gasteiger partial charge in [-0.15, -0.1) is 6.42 Å². The molecule has 1 aromatic heterocycles. The van der Waals surface area contributed by atoms with Crippen molar-refractivity contribution in [1.29, 1.82) is 0 Å². The second kappa shape index (κ2) is 8.55. The Bertz CT molecular complexity index is 1370. The van der Waals surface area contributed by atoms with Crippen LogP contribution >= 0.6 is 22.9 Å². The lowest BCUT2D eigenvalue weighted by Crippen LogP contribution is -2.40. The summed E-state index contributed by atoms with van der Waals surface area (Å²) in [7, 11) is -3.96. The number of carbonyl (C=O) groups is 1. The van der Waals surface area contributed by atoms with Crippen LogP contribution < -0.4 is 4.80 Å². The fourth-order valence-corrected chi connectivity index (χ4v) is 6.52. The van der Waals surface area contributed by atoms with E-state index in [0.717, 1.165) is 26.7 Å². The molecule has 4 rings (SSSR count). The van der Waals surface area contributed by atoms with Gasteiger partial charge in [0.25, 0.3) is 5.91 Å². The van der Waals surface area contributed by atoms with Crippen molar-refractivity contribution in [1.82, 2.24) is 8.87 Å². The molecular weight excluding hydrogens is 461 g/mol. The Balaban J connectivity index is 1.72. The minimum absolute atomic E-state index is 0.0625. The smallest absolute Gasteiger partial charge is 0.266 e. The van der Waals surface area contributed by atoms with Crippen LogP contribution in [0.25, 0.3) is 10.2 Å². The van der Waals surface area contributed by atoms with Gasteiger partial charge < -0.3 is 4.57 Å². The first-order valence-electron chi connectivity index (χ1n) is 9.39. The van der Waals surface area contributed by atoms with Crippen LogP contribution in [-0.2, 0) is 21.4 Å². The molecule has 6 nitrogen and oxygen atoms in total. The molecule has 1 saturated heterocycles. The van der Waals surface area contributed by atoms with E-state index in [0.29, 0.717) is 22.7 Å². The molecule has 31 heavy (non-hydrogen) atoms. The molecule has 0 bridgehead atoms. The third-order valence-corrected chi connectivity index (χ3v) is 8.21. The summed E-state index contributed by atoms with van der Waals surface area (Å²) in [6.45, 7) is 0.397. The SMILES string of the molecule is C#CCn1c(=NC(=O)C2CCCN2S(=O)(=O)c2ccc(F)cc2)sc2cc(Cl)ccc21. The van der Waals surface area contributed by atoms with E-state index in [4.69, 9.17) is 18.0 Å². The number of carbonyl (C=O) groups excluding carboxylic acids is 1. The van der Waals surface area contributed by atoms with Crippen molar-refractivity contribution in [3.8, 4) is 12.3 Å². The normalized spacial score (nSPS) is 17.8. The van der Waals surface area contributed by atoms with Gasteiger partial charge in [-0.3, -0.25) is 4.79 Å². The van der Waals surface area contributed by atoms with E-state index in [1.165, 1.54) is 23.5 Å². The zero-order chi connectivity index (χ0) is 22.2. The van der Waals surface area contributed by atoms with Crippen LogP contribution in [0.1, 0.15) is 12.8 Å². The van der Waals surface area contributed by atoms with Gasteiger partial charge in [0.2, 0.25) is 10.0 Å². The van der Waals surface area contributed by atoms with Crippen molar-refractivity contribution < 1.29 is 17.6 Å². The molecule has 0 radical (unpaired) electrons. The van der Waals surface area contributed by atoms with E-state index in [1.807, 2.05) is 0 Å². The number of fused-ring (bicyclic) bond motifs is 1. The molecule has 0 aliphatic carbocycles. The summed E-state index contributed by atoms with van der Waals surface area (Å²) in [6, 6.07) is 8.90. The van der Waals surface area contributed by atoms with Crippen LogP contribution in [0.2, 0.25) is 5.02 Å². The molecule has 1 unspecified atom stereocenters. The largest absolute Gasteiger partial charge is 0.305 e. The van der Waals surface area contributed by atoms with Crippen LogP contribution in [0.4, 0.5) is 4.39 Å². The maximum absolute atomic E-state index is 13.2. The van der Waals surface area contributed by atoms with Crippen LogP contribution in [-0.4, -0.2) is 35.8 Å². The Kier molecular flexibility index (Phi) is 5.99. The van der Waals surface area contributed by atoms with Gasteiger partial charge in [0.1, 0.15) is 11.9 Å². The molecule has 0 saturated carbocycles. The Morgan fingerprint density at radius 3 is 2.74 bits per heavy atom. The van der Waals surface area contributed by atoms with Gasteiger partial charge in [0, 0.05) is 11.6 Å². The maximum atomic E-state index is 13.2. The fourth-order valence-electron chi connectivity index (χ4n) is 3.56. The number of halogens is 2. The van der Waals surface area contributed by atoms with Gasteiger partial charge in [-0.1, -0.05) is 28.9 Å². The maximum Gasteiger partial charge on any atom is 0.266 e. The number of benzene rings is 2. The first kappa shape index (κ1) is 21.7. The predicted molar refractivity (Wildman–Crippen MR) is 118 cm³/mol. The quantitative estimate of drug-likeness (QED) is 0.541. The number of hydrogen-bond acceptors (Lipinski definition) is 4. The lowest BCUT2D eigenvalue weighted by molar-refractivity contribution is -0.121. The summed E-state index contributed by atoms with van der Waals surface area (Å²) in [4.78, 5) is 17.6. The average Bonchev–Trinajstić information content (AvgIpc) is 3.34. The first-order chi connectivity index (χ1) is 14.8. The molecule has 3 aromatic rings. The Labute approximate surface area is 187 Å². The van der Waals surface area contributed by atoms with E-state index in [9.17, 15) is 17.6 Å². The third kappa shape index (κ3) is 4.16. The monoisotopic (exact) mass is 477 g/mol. The molecule has 1 fully saturated rings. The summed E-state index contributed by atoms with van der Waals surface area (Å²) in [6.07, 6.45) is 6.37. The number of sulfonamides is 1. The zero-order valence-electron chi connectivity index (χ0n) is 16.2. The van der Waals surface area contributed by atoms with Crippen LogP contribution in [0.3, 0.4) is 0 Å². The molecule has 0 spiro atoms. The highest BCUT2D eigenvalue weighted by atomic mass is 35.5. The molecule has 1 aliphatic heterocycles. The van der Waals surface area contributed by atoms with Crippen LogP contribution in [0.15, 0.2) is 52.4 Å². The molecule has 2 aromatic carbocycles. The number of aromatic nitrogens is 1. The summed E-state index contributed by atoms with van der Waals surface area (Å²) < 4.78 is 42.9. The van der Waals surface area contributed by atoms with Gasteiger partial charge in [-0.05, 0) is 55.3 Å². The van der Waals surface area contributed by atoms with E-state index in [2.05, 4.69) is 10.9 Å². The second-order valence-corrected chi connectivity index (χ2v) is 10.3. The number of thiazole rings is 1. The minimum Gasteiger partial charge on any atom is -0.305 e. The van der Waals surface area contributed by atoms with Crippen molar-refractivity contribution in [2.75, 3.05) is 6.54 Å². The predicted octanol–water partition coefficient (Wildman–Crippen LogP) is 3.41. The van der Waals surface area contributed by atoms with Gasteiger partial charge in [-0.25, -0.2) is 12.8 Å². The highest BCUT2D eigenvalue weighted by molar-refractivity contribution is 7.89. The summed E-state index contributed by atoms with van der Waals surface area (Å²) in [5.74, 6) is 1.45. The van der Waals surface area contributed by atoms with E-state index < -0.39 is 27.8 Å². The molecule has 0 N–H and O–H groups in total. The molecular formula is C21H17ClFN3O3S2. The van der Waals surface area contributed by atoms with Crippen molar-refractivity contribution in [3.05, 3.63) is 58.1 Å². The van der Waals surface area contributed by atoms with E-state index in [1.54, 1.807) is 22.8 Å². The molecule has 160 valence electrons. The Morgan fingerprint density at radius 1 is 1.29 bits per heavy atom. The highest BCUT2D eigenvalue weighted by Crippen LogP contribution is 2.27. The minimum atomic E-state index is -3.96. The number of nitrogens with zero attached hydrogens (tertiary/aromatic N) is 3. The topological polar surface area (TPSA) is 71.7 Å². The van der Waals surface area contributed by atoms with Crippen molar-refractivity contribution in [2.24, 2.45) is 4.99 Å². The van der Waals surface area contributed by atoms with Crippen LogP contribution in [0.5, 0.6) is 0 Å². The Hall–Kier alpha value is -2.51. The van der Waals surface area contributed by atoms with Gasteiger partial charge >= 0.3 is 0 Å². The standard InChI is InChI=1S/C21H17ClFN3O3S2/c1-2-11-25-17-10-5-14(22)13-19(17)30-21(25)24-20(27)18-4-3-12-26(18)31(28,29)16-8-6-15(23)7-9-16/h1,5-10,13,18H,3-4,11-12H2. The highest BCUT2D eigenvalue weighted by Gasteiger charge is 2.39. The number of terminal acetylenes is 1. The first-order valence-corrected chi connectivity index (χ1v) is 12.0. The van der Waals surface area contributed by atoms with Crippen molar-refractivity contribution in [2.45, 2.75) is 30.3 Å². The van der Waals surface area contributed by atoms with Crippen molar-refractivity contribution >= 4 is 49.1 Å². The molecule has 1 atom stereocenters. The third-order valence-electron chi connectivity index (χ3n) is 5.01. The van der Waals surface area contributed by atoms with Crippen molar-refractivity contribution in [3.63, 3.8) is 0 Å². The van der Waals surface area contributed by atoms with Crippen LogP contribution in [0, 0.1) is 18.2 Å². The molecule has 1 aliphatic rings. The Morgan fingerprint density at radius 2 is 2.03 bits per heavy atom. The summed E-state index contributed by atoms with van der Waals surface area (Å²) >= 11 is 7.32. The van der Waals surface area contributed by atoms with Gasteiger partial charge in [0.05, 0.1) is 21.7 Å².